The molecule has 1 unspecified atom stereocenters. The van der Waals surface area contributed by atoms with Crippen molar-refractivity contribution in [1.29, 1.82) is 0 Å². The second-order valence-corrected chi connectivity index (χ2v) is 6.53. The van der Waals surface area contributed by atoms with Crippen LogP contribution in [0.2, 0.25) is 5.02 Å². The smallest absolute Gasteiger partial charge is 0.255 e. The van der Waals surface area contributed by atoms with Crippen molar-refractivity contribution in [2.75, 3.05) is 32.8 Å². The van der Waals surface area contributed by atoms with E-state index in [4.69, 9.17) is 30.5 Å². The zero-order chi connectivity index (χ0) is 19.2. The van der Waals surface area contributed by atoms with Crippen LogP contribution in [0.15, 0.2) is 36.4 Å². The Hall–Kier alpha value is -2.44. The molecule has 144 valence electrons. The van der Waals surface area contributed by atoms with Gasteiger partial charge in [-0.2, -0.15) is 0 Å². The van der Waals surface area contributed by atoms with Crippen LogP contribution in [-0.2, 0) is 4.74 Å². The van der Waals surface area contributed by atoms with Crippen molar-refractivity contribution >= 4 is 23.2 Å². The van der Waals surface area contributed by atoms with Crippen LogP contribution in [0.1, 0.15) is 23.2 Å². The van der Waals surface area contributed by atoms with Crippen molar-refractivity contribution in [3.8, 4) is 17.2 Å². The molecule has 1 heterocycles. The minimum atomic E-state index is -0.311. The zero-order valence-electron chi connectivity index (χ0n) is 15.3. The van der Waals surface area contributed by atoms with Crippen LogP contribution in [0.5, 0.6) is 17.2 Å². The molecular weight excluding hydrogens is 370 g/mol. The van der Waals surface area contributed by atoms with Crippen LogP contribution < -0.4 is 19.5 Å². The number of ether oxygens (including phenoxy) is 4. The molecule has 2 aromatic rings. The number of nitrogens with one attached hydrogen (secondary N) is 1. The van der Waals surface area contributed by atoms with Crippen molar-refractivity contribution in [3.63, 3.8) is 0 Å². The predicted octanol–water partition coefficient (Wildman–Crippen LogP) is 4.17. The first-order valence-corrected chi connectivity index (χ1v) is 9.06. The number of rotatable bonds is 7. The van der Waals surface area contributed by atoms with Gasteiger partial charge in [-0.15, -0.1) is 0 Å². The van der Waals surface area contributed by atoms with Crippen molar-refractivity contribution in [3.05, 3.63) is 47.0 Å². The van der Waals surface area contributed by atoms with Gasteiger partial charge in [0.1, 0.15) is 12.4 Å². The number of hydrogen-bond donors (Lipinski definition) is 1. The van der Waals surface area contributed by atoms with E-state index in [-0.39, 0.29) is 12.0 Å². The van der Waals surface area contributed by atoms with Crippen LogP contribution in [0.4, 0.5) is 5.69 Å². The Morgan fingerprint density at radius 2 is 2.11 bits per heavy atom. The molecule has 1 aliphatic heterocycles. The maximum absolute atomic E-state index is 12.6. The Kier molecular flexibility index (Phi) is 6.42. The van der Waals surface area contributed by atoms with Crippen LogP contribution >= 0.6 is 11.6 Å². The maximum Gasteiger partial charge on any atom is 0.255 e. The predicted molar refractivity (Wildman–Crippen MR) is 103 cm³/mol. The number of hydrogen-bond acceptors (Lipinski definition) is 5. The molecule has 1 fully saturated rings. The zero-order valence-corrected chi connectivity index (χ0v) is 16.0. The molecule has 0 bridgehead atoms. The molecule has 0 aliphatic carbocycles. The van der Waals surface area contributed by atoms with Gasteiger partial charge in [0.05, 0.1) is 25.3 Å². The summed E-state index contributed by atoms with van der Waals surface area (Å²) in [6.07, 6.45) is 2.21. The first kappa shape index (κ1) is 19.3. The van der Waals surface area contributed by atoms with Crippen molar-refractivity contribution < 1.29 is 23.7 Å². The molecular formula is C20H22ClNO5. The molecule has 0 saturated carbocycles. The standard InChI is InChI=1S/C20H22ClNO5/c1-24-18-10-13(9-17(21)19(18)25-2)20(23)22-14-5-3-6-15(11-14)27-12-16-7-4-8-26-16/h3,5-6,9-11,16H,4,7-8,12H2,1-2H3,(H,22,23). The van der Waals surface area contributed by atoms with Crippen molar-refractivity contribution in [2.45, 2.75) is 18.9 Å². The van der Waals surface area contributed by atoms with Crippen molar-refractivity contribution in [2.24, 2.45) is 0 Å². The lowest BCUT2D eigenvalue weighted by atomic mass is 10.1. The number of methoxy groups -OCH3 is 2. The van der Waals surface area contributed by atoms with Gasteiger partial charge in [-0.25, -0.2) is 0 Å². The highest BCUT2D eigenvalue weighted by Gasteiger charge is 2.17. The minimum absolute atomic E-state index is 0.136. The third kappa shape index (κ3) is 4.84. The number of carbonyl (C=O) groups excluding carboxylic acids is 1. The lowest BCUT2D eigenvalue weighted by Gasteiger charge is -2.13. The highest BCUT2D eigenvalue weighted by molar-refractivity contribution is 6.32. The fraction of sp³-hybridized carbons (Fsp3) is 0.350. The van der Waals surface area contributed by atoms with Crippen molar-refractivity contribution in [1.82, 2.24) is 0 Å². The van der Waals surface area contributed by atoms with Gasteiger partial charge in [-0.3, -0.25) is 4.79 Å². The Morgan fingerprint density at radius 1 is 1.26 bits per heavy atom. The molecule has 1 atom stereocenters. The van der Waals surface area contributed by atoms with E-state index in [2.05, 4.69) is 5.32 Å². The van der Waals surface area contributed by atoms with E-state index in [0.717, 1.165) is 19.4 Å². The number of benzene rings is 2. The van der Waals surface area contributed by atoms with E-state index in [9.17, 15) is 4.79 Å². The average Bonchev–Trinajstić information content (AvgIpc) is 3.19. The second-order valence-electron chi connectivity index (χ2n) is 6.12. The van der Waals surface area contributed by atoms with Gasteiger partial charge in [0.15, 0.2) is 11.5 Å². The molecule has 0 aromatic heterocycles. The molecule has 3 rings (SSSR count). The van der Waals surface area contributed by atoms with Crippen LogP contribution in [-0.4, -0.2) is 39.4 Å². The minimum Gasteiger partial charge on any atom is -0.493 e. The van der Waals surface area contributed by atoms with Gasteiger partial charge in [0, 0.05) is 23.9 Å². The fourth-order valence-electron chi connectivity index (χ4n) is 2.88. The molecule has 6 nitrogen and oxygen atoms in total. The normalized spacial score (nSPS) is 16.0. The van der Waals surface area contributed by atoms with Gasteiger partial charge >= 0.3 is 0 Å². The van der Waals surface area contributed by atoms with Crippen LogP contribution in [0.3, 0.4) is 0 Å². The lowest BCUT2D eigenvalue weighted by molar-refractivity contribution is 0.0680. The first-order chi connectivity index (χ1) is 13.1. The molecule has 1 N–H and O–H groups in total. The summed E-state index contributed by atoms with van der Waals surface area (Å²) in [5.41, 5.74) is 0.985. The highest BCUT2D eigenvalue weighted by atomic mass is 35.5. The van der Waals surface area contributed by atoms with Gasteiger partial charge in [0.2, 0.25) is 0 Å². The van der Waals surface area contributed by atoms with E-state index >= 15 is 0 Å². The molecule has 0 spiro atoms. The number of anilines is 1. The third-order valence-electron chi connectivity index (χ3n) is 4.25. The van der Waals surface area contributed by atoms with E-state index in [1.807, 2.05) is 12.1 Å². The summed E-state index contributed by atoms with van der Waals surface area (Å²) >= 11 is 6.17. The Labute approximate surface area is 163 Å². The van der Waals surface area contributed by atoms with E-state index in [1.165, 1.54) is 20.3 Å². The summed E-state index contributed by atoms with van der Waals surface area (Å²) < 4.78 is 21.7. The van der Waals surface area contributed by atoms with E-state index in [0.29, 0.717) is 40.1 Å². The summed E-state index contributed by atoms with van der Waals surface area (Å²) in [4.78, 5) is 12.6. The number of carbonyl (C=O) groups is 1. The lowest BCUT2D eigenvalue weighted by Crippen LogP contribution is -2.16. The quantitative estimate of drug-likeness (QED) is 0.767. The Morgan fingerprint density at radius 3 is 2.81 bits per heavy atom. The molecule has 1 saturated heterocycles. The summed E-state index contributed by atoms with van der Waals surface area (Å²) in [5, 5.41) is 3.14. The molecule has 27 heavy (non-hydrogen) atoms. The molecule has 1 aliphatic rings. The summed E-state index contributed by atoms with van der Waals surface area (Å²) in [6, 6.07) is 10.3. The Balaban J connectivity index is 1.68. The topological polar surface area (TPSA) is 66.0 Å². The third-order valence-corrected chi connectivity index (χ3v) is 4.53. The second kappa shape index (κ2) is 8.97. The number of halogens is 1. The van der Waals surface area contributed by atoms with Gasteiger partial charge in [-0.1, -0.05) is 17.7 Å². The van der Waals surface area contributed by atoms with Crippen LogP contribution in [0, 0.1) is 0 Å². The van der Waals surface area contributed by atoms with Gasteiger partial charge in [0.25, 0.3) is 5.91 Å². The van der Waals surface area contributed by atoms with Gasteiger partial charge < -0.3 is 24.3 Å². The first-order valence-electron chi connectivity index (χ1n) is 8.68. The molecule has 1 amide bonds. The maximum atomic E-state index is 12.6. The molecule has 2 aromatic carbocycles. The number of amides is 1. The average molecular weight is 392 g/mol. The SMILES string of the molecule is COc1cc(C(=O)Nc2cccc(OCC3CCCO3)c2)cc(Cl)c1OC. The summed E-state index contributed by atoms with van der Waals surface area (Å²) in [6.45, 7) is 1.29. The fourth-order valence-corrected chi connectivity index (χ4v) is 3.17. The Bertz CT molecular complexity index is 805. The van der Waals surface area contributed by atoms with E-state index in [1.54, 1.807) is 18.2 Å². The summed E-state index contributed by atoms with van der Waals surface area (Å²) in [7, 11) is 2.98. The van der Waals surface area contributed by atoms with Gasteiger partial charge in [-0.05, 0) is 37.1 Å². The monoisotopic (exact) mass is 391 g/mol. The summed E-state index contributed by atoms with van der Waals surface area (Å²) in [5.74, 6) is 1.15. The van der Waals surface area contributed by atoms with E-state index < -0.39 is 0 Å². The van der Waals surface area contributed by atoms with Crippen LogP contribution in [0.25, 0.3) is 0 Å². The molecule has 7 heteroatoms. The molecule has 0 radical (unpaired) electrons. The highest BCUT2D eigenvalue weighted by Crippen LogP contribution is 2.36. The largest absolute Gasteiger partial charge is 0.493 e.